The fourth-order valence-electron chi connectivity index (χ4n) is 1.98. The summed E-state index contributed by atoms with van der Waals surface area (Å²) in [6.07, 6.45) is 3.36. The van der Waals surface area contributed by atoms with Crippen molar-refractivity contribution in [3.05, 3.63) is 41.9 Å². The third-order valence-corrected chi connectivity index (χ3v) is 3.06. The summed E-state index contributed by atoms with van der Waals surface area (Å²) in [6, 6.07) is 7.44. The summed E-state index contributed by atoms with van der Waals surface area (Å²) in [5, 5.41) is 12.8. The van der Waals surface area contributed by atoms with E-state index < -0.39 is 0 Å². The molecule has 20 heavy (non-hydrogen) atoms. The van der Waals surface area contributed by atoms with Crippen LogP contribution in [0.15, 0.2) is 35.2 Å². The second-order valence-corrected chi connectivity index (χ2v) is 4.45. The van der Waals surface area contributed by atoms with E-state index >= 15 is 0 Å². The van der Waals surface area contributed by atoms with Gasteiger partial charge in [0.05, 0.1) is 24.2 Å². The van der Waals surface area contributed by atoms with E-state index in [1.54, 1.807) is 24.7 Å². The zero-order valence-electron chi connectivity index (χ0n) is 11.0. The minimum Gasteiger partial charge on any atom is -0.334 e. The van der Waals surface area contributed by atoms with Gasteiger partial charge < -0.3 is 9.09 Å². The molecule has 0 saturated carbocycles. The van der Waals surface area contributed by atoms with Crippen molar-refractivity contribution in [2.24, 2.45) is 7.05 Å². The van der Waals surface area contributed by atoms with Crippen LogP contribution < -0.4 is 0 Å². The normalized spacial score (nSPS) is 10.4. The maximum atomic E-state index is 8.87. The summed E-state index contributed by atoms with van der Waals surface area (Å²) < 4.78 is 7.12. The average molecular weight is 265 g/mol. The molecule has 6 nitrogen and oxygen atoms in total. The molecule has 3 rings (SSSR count). The lowest BCUT2D eigenvalue weighted by atomic mass is 10.1. The van der Waals surface area contributed by atoms with Crippen LogP contribution in [0.4, 0.5) is 0 Å². The van der Waals surface area contributed by atoms with E-state index in [9.17, 15) is 0 Å². The van der Waals surface area contributed by atoms with Crippen LogP contribution >= 0.6 is 0 Å². The van der Waals surface area contributed by atoms with E-state index in [0.717, 1.165) is 16.8 Å². The highest BCUT2D eigenvalue weighted by Gasteiger charge is 2.14. The van der Waals surface area contributed by atoms with Crippen LogP contribution in [0.5, 0.6) is 0 Å². The zero-order chi connectivity index (χ0) is 14.1. The summed E-state index contributed by atoms with van der Waals surface area (Å²) in [5.41, 5.74) is 3.14. The first-order valence-corrected chi connectivity index (χ1v) is 6.00. The lowest BCUT2D eigenvalue weighted by molar-refractivity contribution is 0.431. The van der Waals surface area contributed by atoms with Gasteiger partial charge in [-0.3, -0.25) is 0 Å². The maximum Gasteiger partial charge on any atom is 0.258 e. The fourth-order valence-corrected chi connectivity index (χ4v) is 1.98. The Morgan fingerprint density at radius 1 is 1.35 bits per heavy atom. The smallest absolute Gasteiger partial charge is 0.258 e. The van der Waals surface area contributed by atoms with Crippen LogP contribution in [0.2, 0.25) is 0 Å². The lowest BCUT2D eigenvalue weighted by Crippen LogP contribution is -1.91. The first-order chi connectivity index (χ1) is 9.69. The first kappa shape index (κ1) is 12.1. The lowest BCUT2D eigenvalue weighted by Gasteiger charge is -2.00. The SMILES string of the molecule is Cc1cc(C#N)ccc1-c1nc(-c2cncn2C)no1. The van der Waals surface area contributed by atoms with Crippen molar-refractivity contribution in [1.29, 1.82) is 5.26 Å². The van der Waals surface area contributed by atoms with Crippen LogP contribution in [0.3, 0.4) is 0 Å². The molecule has 2 aromatic heterocycles. The molecule has 0 radical (unpaired) electrons. The Labute approximate surface area is 115 Å². The van der Waals surface area contributed by atoms with Crippen LogP contribution in [0.25, 0.3) is 23.0 Å². The summed E-state index contributed by atoms with van der Waals surface area (Å²) >= 11 is 0. The largest absolute Gasteiger partial charge is 0.334 e. The number of rotatable bonds is 2. The molecule has 0 unspecified atom stereocenters. The van der Waals surface area contributed by atoms with Crippen molar-refractivity contribution >= 4 is 0 Å². The van der Waals surface area contributed by atoms with Gasteiger partial charge in [-0.25, -0.2) is 4.98 Å². The van der Waals surface area contributed by atoms with Crippen LogP contribution in [-0.4, -0.2) is 19.7 Å². The third-order valence-electron chi connectivity index (χ3n) is 3.06. The number of hydrogen-bond acceptors (Lipinski definition) is 5. The van der Waals surface area contributed by atoms with E-state index in [2.05, 4.69) is 21.2 Å². The molecular formula is C14H11N5O. The van der Waals surface area contributed by atoms with Gasteiger partial charge in [-0.1, -0.05) is 5.16 Å². The Kier molecular flexibility index (Phi) is 2.80. The Bertz CT molecular complexity index is 809. The topological polar surface area (TPSA) is 80.5 Å². The van der Waals surface area contributed by atoms with Crippen LogP contribution in [0, 0.1) is 18.3 Å². The van der Waals surface area contributed by atoms with E-state index in [4.69, 9.17) is 9.78 Å². The van der Waals surface area contributed by atoms with Gasteiger partial charge in [-0.15, -0.1) is 0 Å². The fraction of sp³-hybridized carbons (Fsp3) is 0.143. The van der Waals surface area contributed by atoms with E-state index in [-0.39, 0.29) is 0 Å². The van der Waals surface area contributed by atoms with Gasteiger partial charge in [0.1, 0.15) is 5.69 Å². The molecule has 3 aromatic rings. The van der Waals surface area contributed by atoms with Crippen molar-refractivity contribution in [3.8, 4) is 29.0 Å². The maximum absolute atomic E-state index is 8.87. The number of aromatic nitrogens is 4. The van der Waals surface area contributed by atoms with Crippen molar-refractivity contribution in [2.45, 2.75) is 6.92 Å². The summed E-state index contributed by atoms with van der Waals surface area (Å²) in [7, 11) is 1.87. The highest BCUT2D eigenvalue weighted by atomic mass is 16.5. The molecule has 0 N–H and O–H groups in total. The Morgan fingerprint density at radius 3 is 2.85 bits per heavy atom. The number of hydrogen-bond donors (Lipinski definition) is 0. The highest BCUT2D eigenvalue weighted by molar-refractivity contribution is 5.62. The van der Waals surface area contributed by atoms with Gasteiger partial charge in [0.2, 0.25) is 5.82 Å². The van der Waals surface area contributed by atoms with Crippen molar-refractivity contribution in [3.63, 3.8) is 0 Å². The van der Waals surface area contributed by atoms with Gasteiger partial charge in [-0.05, 0) is 30.7 Å². The molecule has 0 aliphatic carbocycles. The van der Waals surface area contributed by atoms with E-state index in [1.807, 2.05) is 24.6 Å². The molecular weight excluding hydrogens is 254 g/mol. The van der Waals surface area contributed by atoms with Crippen LogP contribution in [-0.2, 0) is 7.05 Å². The Hall–Kier alpha value is -2.94. The number of nitriles is 1. The quantitative estimate of drug-likeness (QED) is 0.710. The van der Waals surface area contributed by atoms with Gasteiger partial charge in [0.15, 0.2) is 0 Å². The molecule has 0 bridgehead atoms. The molecule has 0 amide bonds. The third kappa shape index (κ3) is 1.95. The zero-order valence-corrected chi connectivity index (χ0v) is 11.0. The Morgan fingerprint density at radius 2 is 2.20 bits per heavy atom. The molecule has 0 spiro atoms. The molecule has 0 fully saturated rings. The summed E-state index contributed by atoms with van der Waals surface area (Å²) in [5.74, 6) is 0.923. The first-order valence-electron chi connectivity index (χ1n) is 6.00. The van der Waals surface area contributed by atoms with Crippen molar-refractivity contribution in [2.75, 3.05) is 0 Å². The van der Waals surface area contributed by atoms with E-state index in [1.165, 1.54) is 0 Å². The molecule has 0 saturated heterocycles. The monoisotopic (exact) mass is 265 g/mol. The number of benzene rings is 1. The summed E-state index contributed by atoms with van der Waals surface area (Å²) in [6.45, 7) is 1.91. The van der Waals surface area contributed by atoms with Gasteiger partial charge >= 0.3 is 0 Å². The molecule has 1 aromatic carbocycles. The van der Waals surface area contributed by atoms with Crippen LogP contribution in [0.1, 0.15) is 11.1 Å². The van der Waals surface area contributed by atoms with Gasteiger partial charge in [0, 0.05) is 12.6 Å². The number of aryl methyl sites for hydroxylation is 2. The molecule has 6 heteroatoms. The molecule has 98 valence electrons. The number of nitrogens with zero attached hydrogens (tertiary/aromatic N) is 5. The second-order valence-electron chi connectivity index (χ2n) is 4.45. The predicted octanol–water partition coefficient (Wildman–Crippen LogP) is 2.32. The van der Waals surface area contributed by atoms with E-state index in [0.29, 0.717) is 17.3 Å². The highest BCUT2D eigenvalue weighted by Crippen LogP contribution is 2.25. The average Bonchev–Trinajstić information content (AvgIpc) is 3.07. The summed E-state index contributed by atoms with van der Waals surface area (Å²) in [4.78, 5) is 8.40. The molecule has 0 aliphatic rings. The molecule has 0 atom stereocenters. The molecule has 2 heterocycles. The van der Waals surface area contributed by atoms with Crippen molar-refractivity contribution in [1.82, 2.24) is 19.7 Å². The van der Waals surface area contributed by atoms with Gasteiger partial charge in [0.25, 0.3) is 5.89 Å². The predicted molar refractivity (Wildman–Crippen MR) is 71.4 cm³/mol. The second kappa shape index (κ2) is 4.63. The standard InChI is InChI=1S/C14H11N5O/c1-9-5-10(6-15)3-4-11(9)14-17-13(18-20-14)12-7-16-8-19(12)2/h3-5,7-8H,1-2H3. The van der Waals surface area contributed by atoms with Crippen molar-refractivity contribution < 1.29 is 4.52 Å². The minimum absolute atomic E-state index is 0.434. The number of imidazole rings is 1. The molecule has 0 aliphatic heterocycles. The van der Waals surface area contributed by atoms with Gasteiger partial charge in [-0.2, -0.15) is 10.2 Å². The minimum atomic E-state index is 0.434. The Balaban J connectivity index is 2.03.